The molecule has 0 saturated carbocycles. The van der Waals surface area contributed by atoms with Crippen molar-refractivity contribution in [3.05, 3.63) is 125 Å². The van der Waals surface area contributed by atoms with Gasteiger partial charge in [-0.05, 0) is 35.4 Å². The summed E-state index contributed by atoms with van der Waals surface area (Å²) in [4.78, 5) is 27.0. The molecule has 0 bridgehead atoms. The minimum absolute atomic E-state index is 0.0143. The van der Waals surface area contributed by atoms with E-state index in [2.05, 4.69) is 50.2 Å². The van der Waals surface area contributed by atoms with Crippen LogP contribution in [0.25, 0.3) is 0 Å². The fourth-order valence-corrected chi connectivity index (χ4v) is 5.48. The highest BCUT2D eigenvalue weighted by Crippen LogP contribution is 2.46. The average Bonchev–Trinajstić information content (AvgIpc) is 3.32. The number of fused-ring (bicyclic) bond motifs is 1. The van der Waals surface area contributed by atoms with Crippen molar-refractivity contribution < 1.29 is 14.3 Å². The number of rotatable bonds is 6. The van der Waals surface area contributed by atoms with Gasteiger partial charge in [0.1, 0.15) is 11.2 Å². The number of esters is 1. The summed E-state index contributed by atoms with van der Waals surface area (Å²) >= 11 is 0. The summed E-state index contributed by atoms with van der Waals surface area (Å²) < 4.78 is 7.24. The molecule has 0 spiro atoms. The van der Waals surface area contributed by atoms with Crippen LogP contribution in [0.2, 0.25) is 0 Å². The van der Waals surface area contributed by atoms with E-state index in [1.54, 1.807) is 11.6 Å². The average molecular weight is 479 g/mol. The maximum absolute atomic E-state index is 13.7. The van der Waals surface area contributed by atoms with Crippen LogP contribution in [0.1, 0.15) is 76.8 Å². The van der Waals surface area contributed by atoms with E-state index in [1.807, 2.05) is 54.6 Å². The van der Waals surface area contributed by atoms with Crippen LogP contribution >= 0.6 is 0 Å². The molecule has 0 aliphatic heterocycles. The monoisotopic (exact) mass is 478 g/mol. The second kappa shape index (κ2) is 9.23. The van der Waals surface area contributed by atoms with Gasteiger partial charge in [-0.3, -0.25) is 4.79 Å². The highest BCUT2D eigenvalue weighted by molar-refractivity contribution is 6.02. The van der Waals surface area contributed by atoms with Crippen LogP contribution in [0.3, 0.4) is 0 Å². The van der Waals surface area contributed by atoms with Gasteiger partial charge in [-0.25, -0.2) is 9.48 Å². The molecular formula is C31H30N2O3. The summed E-state index contributed by atoms with van der Waals surface area (Å²) in [6.07, 6.45) is 1.04. The smallest absolute Gasteiger partial charge is 0.359 e. The van der Waals surface area contributed by atoms with E-state index < -0.39 is 16.9 Å². The van der Waals surface area contributed by atoms with E-state index in [-0.39, 0.29) is 18.1 Å². The first kappa shape index (κ1) is 23.7. The lowest BCUT2D eigenvalue weighted by Gasteiger charge is -2.38. The van der Waals surface area contributed by atoms with Crippen molar-refractivity contribution in [2.45, 2.75) is 44.6 Å². The van der Waals surface area contributed by atoms with Gasteiger partial charge in [-0.1, -0.05) is 105 Å². The molecule has 1 aliphatic rings. The Labute approximate surface area is 211 Å². The van der Waals surface area contributed by atoms with Gasteiger partial charge < -0.3 is 4.74 Å². The molecule has 0 unspecified atom stereocenters. The van der Waals surface area contributed by atoms with Gasteiger partial charge in [0, 0.05) is 12.0 Å². The minimum atomic E-state index is -0.984. The molecule has 1 aliphatic carbocycles. The first-order valence-electron chi connectivity index (χ1n) is 12.4. The van der Waals surface area contributed by atoms with Gasteiger partial charge in [0.05, 0.1) is 6.61 Å². The Morgan fingerprint density at radius 3 is 1.81 bits per heavy atom. The molecule has 4 aromatic rings. The number of carbonyl (C=O) groups is 2. The van der Waals surface area contributed by atoms with Gasteiger partial charge in [0.15, 0.2) is 11.5 Å². The zero-order valence-electron chi connectivity index (χ0n) is 20.9. The molecule has 0 amide bonds. The van der Waals surface area contributed by atoms with Crippen molar-refractivity contribution in [3.8, 4) is 0 Å². The maximum Gasteiger partial charge on any atom is 0.359 e. The minimum Gasteiger partial charge on any atom is -0.461 e. The van der Waals surface area contributed by atoms with E-state index >= 15 is 0 Å². The molecule has 36 heavy (non-hydrogen) atoms. The molecule has 3 aromatic carbocycles. The van der Waals surface area contributed by atoms with Crippen LogP contribution in [0.15, 0.2) is 91.0 Å². The summed E-state index contributed by atoms with van der Waals surface area (Å²) in [5, 5.41) is 4.98. The molecule has 0 atom stereocenters. The van der Waals surface area contributed by atoms with Crippen molar-refractivity contribution in [2.24, 2.45) is 0 Å². The predicted octanol–water partition coefficient (Wildman–Crippen LogP) is 6.15. The van der Waals surface area contributed by atoms with Crippen LogP contribution < -0.4 is 0 Å². The number of Topliss-reactive ketones (excluding diaryl/α,β-unsaturated/α-hetero) is 1. The van der Waals surface area contributed by atoms with Crippen LogP contribution in [0, 0.1) is 0 Å². The Morgan fingerprint density at radius 2 is 1.36 bits per heavy atom. The van der Waals surface area contributed by atoms with Crippen molar-refractivity contribution in [1.29, 1.82) is 0 Å². The standard InChI is InChI=1S/C31H30N2O3/c1-4-36-29(35)27-26-28(25(34)20-21-30(26,2)3)33(32-27)31(22-14-8-5-9-15-22,23-16-10-6-11-17-23)24-18-12-7-13-19-24/h5-19H,4,20-21H2,1-3H3. The lowest BCUT2D eigenvalue weighted by molar-refractivity contribution is 0.0515. The van der Waals surface area contributed by atoms with Gasteiger partial charge in [-0.2, -0.15) is 5.10 Å². The molecule has 0 radical (unpaired) electrons. The van der Waals surface area contributed by atoms with E-state index in [1.165, 1.54) is 0 Å². The van der Waals surface area contributed by atoms with Crippen molar-refractivity contribution >= 4 is 11.8 Å². The molecule has 5 heteroatoms. The largest absolute Gasteiger partial charge is 0.461 e. The number of hydrogen-bond acceptors (Lipinski definition) is 4. The van der Waals surface area contributed by atoms with Gasteiger partial charge in [0.25, 0.3) is 0 Å². The van der Waals surface area contributed by atoms with Crippen molar-refractivity contribution in [1.82, 2.24) is 9.78 Å². The quantitative estimate of drug-likeness (QED) is 0.246. The molecule has 5 nitrogen and oxygen atoms in total. The molecule has 5 rings (SSSR count). The number of hydrogen-bond donors (Lipinski definition) is 0. The number of ketones is 1. The number of benzene rings is 3. The number of carbonyl (C=O) groups excluding carboxylic acids is 2. The molecular weight excluding hydrogens is 448 g/mol. The number of aromatic nitrogens is 2. The van der Waals surface area contributed by atoms with Crippen molar-refractivity contribution in [2.75, 3.05) is 6.61 Å². The summed E-state index contributed by atoms with van der Waals surface area (Å²) in [7, 11) is 0. The van der Waals surface area contributed by atoms with E-state index in [0.29, 0.717) is 24.1 Å². The highest BCUT2D eigenvalue weighted by Gasteiger charge is 2.48. The Bertz CT molecular complexity index is 1290. The lowest BCUT2D eigenvalue weighted by atomic mass is 9.72. The Kier molecular flexibility index (Phi) is 6.09. The molecule has 182 valence electrons. The third-order valence-electron chi connectivity index (χ3n) is 7.16. The van der Waals surface area contributed by atoms with Crippen LogP contribution in [-0.4, -0.2) is 28.1 Å². The lowest BCUT2D eigenvalue weighted by Crippen LogP contribution is -2.41. The second-order valence-corrected chi connectivity index (χ2v) is 9.82. The third-order valence-corrected chi connectivity index (χ3v) is 7.16. The van der Waals surface area contributed by atoms with Crippen LogP contribution in [0.5, 0.6) is 0 Å². The summed E-state index contributed by atoms with van der Waals surface area (Å²) in [5.74, 6) is -0.516. The third kappa shape index (κ3) is 3.67. The first-order chi connectivity index (χ1) is 17.4. The fraction of sp³-hybridized carbons (Fsp3) is 0.258. The van der Waals surface area contributed by atoms with E-state index in [9.17, 15) is 9.59 Å². The number of ether oxygens (including phenoxy) is 1. The Balaban J connectivity index is 1.98. The number of nitrogens with zero attached hydrogens (tertiary/aromatic N) is 2. The molecule has 0 fully saturated rings. The van der Waals surface area contributed by atoms with Gasteiger partial charge in [-0.15, -0.1) is 0 Å². The predicted molar refractivity (Wildman–Crippen MR) is 139 cm³/mol. The summed E-state index contributed by atoms with van der Waals surface area (Å²) in [6, 6.07) is 30.2. The second-order valence-electron chi connectivity index (χ2n) is 9.82. The molecule has 1 aromatic heterocycles. The topological polar surface area (TPSA) is 61.2 Å². The zero-order chi connectivity index (χ0) is 25.3. The zero-order valence-corrected chi connectivity index (χ0v) is 20.9. The molecule has 1 heterocycles. The molecule has 0 saturated heterocycles. The SMILES string of the molecule is CCOC(=O)c1nn(C(c2ccccc2)(c2ccccc2)c2ccccc2)c2c1C(C)(C)CCC2=O. The van der Waals surface area contributed by atoms with E-state index in [0.717, 1.165) is 16.7 Å². The van der Waals surface area contributed by atoms with Crippen LogP contribution in [0.4, 0.5) is 0 Å². The summed E-state index contributed by atoms with van der Waals surface area (Å²) in [5.41, 5.74) is 2.80. The Hall–Kier alpha value is -3.99. The van der Waals surface area contributed by atoms with Gasteiger partial charge in [0.2, 0.25) is 0 Å². The van der Waals surface area contributed by atoms with E-state index in [4.69, 9.17) is 9.84 Å². The first-order valence-corrected chi connectivity index (χ1v) is 12.4. The normalized spacial score (nSPS) is 14.8. The van der Waals surface area contributed by atoms with Gasteiger partial charge >= 0.3 is 5.97 Å². The molecule has 0 N–H and O–H groups in total. The fourth-order valence-electron chi connectivity index (χ4n) is 5.48. The Morgan fingerprint density at radius 1 is 0.889 bits per heavy atom. The summed E-state index contributed by atoms with van der Waals surface area (Å²) in [6.45, 7) is 6.15. The van der Waals surface area contributed by atoms with Crippen molar-refractivity contribution in [3.63, 3.8) is 0 Å². The maximum atomic E-state index is 13.7. The van der Waals surface area contributed by atoms with Crippen LogP contribution in [-0.2, 0) is 15.7 Å². The highest BCUT2D eigenvalue weighted by atomic mass is 16.5.